The number of halogens is 1. The molecule has 2 N–H and O–H groups in total. The van der Waals surface area contributed by atoms with Gasteiger partial charge >= 0.3 is 0 Å². The van der Waals surface area contributed by atoms with Crippen LogP contribution in [0.25, 0.3) is 21.9 Å². The first-order valence-electron chi connectivity index (χ1n) is 9.87. The molecule has 0 bridgehead atoms. The summed E-state index contributed by atoms with van der Waals surface area (Å²) in [5, 5.41) is 6.15. The van der Waals surface area contributed by atoms with Gasteiger partial charge < -0.3 is 20.1 Å². The predicted octanol–water partition coefficient (Wildman–Crippen LogP) is 2.56. The summed E-state index contributed by atoms with van der Waals surface area (Å²) in [6, 6.07) is 2.34. The van der Waals surface area contributed by atoms with Gasteiger partial charge in [-0.3, -0.25) is 9.78 Å². The van der Waals surface area contributed by atoms with Gasteiger partial charge in [0.1, 0.15) is 5.65 Å². The third-order valence-electron chi connectivity index (χ3n) is 5.88. The summed E-state index contributed by atoms with van der Waals surface area (Å²) in [6.45, 7) is 3.99. The van der Waals surface area contributed by atoms with Crippen LogP contribution in [0.1, 0.15) is 19.3 Å². The van der Waals surface area contributed by atoms with E-state index >= 15 is 0 Å². The Kier molecular flexibility index (Phi) is 4.56. The lowest BCUT2D eigenvalue weighted by Crippen LogP contribution is -2.49. The molecule has 0 aliphatic carbocycles. The van der Waals surface area contributed by atoms with E-state index in [9.17, 15) is 4.79 Å². The van der Waals surface area contributed by atoms with Gasteiger partial charge in [-0.2, -0.15) is 0 Å². The van der Waals surface area contributed by atoms with Crippen molar-refractivity contribution in [1.29, 1.82) is 0 Å². The summed E-state index contributed by atoms with van der Waals surface area (Å²) in [6.07, 6.45) is 8.17. The Morgan fingerprint density at radius 1 is 1.25 bits per heavy atom. The topological polar surface area (TPSA) is 77.2 Å². The zero-order valence-corrected chi connectivity index (χ0v) is 16.4. The number of pyridine rings is 2. The molecule has 1 atom stereocenters. The van der Waals surface area contributed by atoms with Crippen molar-refractivity contribution in [3.8, 4) is 0 Å². The highest BCUT2D eigenvalue weighted by Gasteiger charge is 2.27. The first kappa shape index (κ1) is 17.7. The number of carbonyl (C=O) groups excluding carboxylic acids is 1. The maximum Gasteiger partial charge on any atom is 0.224 e. The summed E-state index contributed by atoms with van der Waals surface area (Å²) < 4.78 is 0. The Bertz CT molecular complexity index is 1020. The third kappa shape index (κ3) is 3.08. The third-order valence-corrected chi connectivity index (χ3v) is 6.16. The van der Waals surface area contributed by atoms with E-state index in [1.165, 1.54) is 6.42 Å². The highest BCUT2D eigenvalue weighted by molar-refractivity contribution is 6.35. The Morgan fingerprint density at radius 2 is 2.11 bits per heavy atom. The number of amides is 1. The van der Waals surface area contributed by atoms with Crippen LogP contribution in [-0.2, 0) is 4.79 Å². The molecule has 3 aromatic heterocycles. The molecule has 3 aromatic rings. The molecule has 5 heterocycles. The quantitative estimate of drug-likeness (QED) is 0.709. The van der Waals surface area contributed by atoms with E-state index < -0.39 is 0 Å². The number of rotatable bonds is 3. The molecule has 7 nitrogen and oxygen atoms in total. The van der Waals surface area contributed by atoms with E-state index in [0.717, 1.165) is 66.8 Å². The van der Waals surface area contributed by atoms with Gasteiger partial charge in [0.05, 0.1) is 34.0 Å². The number of aromatic nitrogens is 3. The van der Waals surface area contributed by atoms with Crippen molar-refractivity contribution in [3.63, 3.8) is 0 Å². The number of piperazine rings is 1. The smallest absolute Gasteiger partial charge is 0.224 e. The number of nitrogens with one attached hydrogen (secondary N) is 2. The number of hydrogen-bond acceptors (Lipinski definition) is 5. The van der Waals surface area contributed by atoms with E-state index in [1.807, 2.05) is 17.2 Å². The van der Waals surface area contributed by atoms with Gasteiger partial charge in [0.2, 0.25) is 5.91 Å². The van der Waals surface area contributed by atoms with Crippen LogP contribution in [0.4, 0.5) is 5.69 Å². The van der Waals surface area contributed by atoms with Crippen LogP contribution in [0.2, 0.25) is 5.02 Å². The Balaban J connectivity index is 1.38. The fourth-order valence-corrected chi connectivity index (χ4v) is 4.69. The number of anilines is 1. The van der Waals surface area contributed by atoms with E-state index in [1.54, 1.807) is 12.4 Å². The molecule has 2 fully saturated rings. The molecule has 1 amide bonds. The first-order valence-corrected chi connectivity index (χ1v) is 10.2. The molecule has 8 heteroatoms. The fourth-order valence-electron chi connectivity index (χ4n) is 4.43. The monoisotopic (exact) mass is 398 g/mol. The van der Waals surface area contributed by atoms with E-state index in [4.69, 9.17) is 11.6 Å². The van der Waals surface area contributed by atoms with Crippen LogP contribution >= 0.6 is 11.6 Å². The first-order chi connectivity index (χ1) is 13.7. The second-order valence-electron chi connectivity index (χ2n) is 7.59. The van der Waals surface area contributed by atoms with Crippen LogP contribution in [0.15, 0.2) is 24.7 Å². The molecular formula is C20H23ClN6O. The molecular weight excluding hydrogens is 376 g/mol. The van der Waals surface area contributed by atoms with Crippen molar-refractivity contribution < 1.29 is 4.79 Å². The van der Waals surface area contributed by atoms with Crippen LogP contribution < -0.4 is 10.2 Å². The number of aromatic amines is 1. The van der Waals surface area contributed by atoms with Gasteiger partial charge in [-0.1, -0.05) is 11.6 Å². The van der Waals surface area contributed by atoms with Gasteiger partial charge in [-0.15, -0.1) is 0 Å². The van der Waals surface area contributed by atoms with Crippen LogP contribution in [0, 0.1) is 0 Å². The lowest BCUT2D eigenvalue weighted by molar-refractivity contribution is -0.131. The highest BCUT2D eigenvalue weighted by atomic mass is 35.5. The summed E-state index contributed by atoms with van der Waals surface area (Å²) in [4.78, 5) is 28.9. The minimum atomic E-state index is 0.253. The number of hydrogen-bond donors (Lipinski definition) is 2. The van der Waals surface area contributed by atoms with Crippen molar-refractivity contribution in [2.75, 3.05) is 37.6 Å². The molecule has 0 saturated carbocycles. The predicted molar refractivity (Wildman–Crippen MR) is 111 cm³/mol. The second-order valence-corrected chi connectivity index (χ2v) is 8.00. The van der Waals surface area contributed by atoms with E-state index in [2.05, 4.69) is 25.2 Å². The molecule has 2 saturated heterocycles. The van der Waals surface area contributed by atoms with Crippen molar-refractivity contribution in [2.24, 2.45) is 0 Å². The van der Waals surface area contributed by atoms with Crippen LogP contribution in [0.3, 0.4) is 0 Å². The normalized spacial score (nSPS) is 20.4. The zero-order chi connectivity index (χ0) is 19.1. The zero-order valence-electron chi connectivity index (χ0n) is 15.6. The van der Waals surface area contributed by atoms with E-state index in [-0.39, 0.29) is 5.91 Å². The lowest BCUT2D eigenvalue weighted by atomic mass is 10.1. The molecule has 0 spiro atoms. The SMILES string of the molecule is O=C(C[C@H]1CCCN1)N1CCN(c2c(Cl)cnc3[nH]c4cnccc4c23)CC1. The Hall–Kier alpha value is -2.38. The second kappa shape index (κ2) is 7.22. The molecule has 0 aromatic carbocycles. The fraction of sp³-hybridized carbons (Fsp3) is 0.450. The Labute approximate surface area is 168 Å². The van der Waals surface area contributed by atoms with Gasteiger partial charge in [0.15, 0.2) is 0 Å². The molecule has 146 valence electrons. The van der Waals surface area contributed by atoms with Gasteiger partial charge in [0.25, 0.3) is 0 Å². The Morgan fingerprint density at radius 3 is 2.89 bits per heavy atom. The van der Waals surface area contributed by atoms with Gasteiger partial charge in [-0.05, 0) is 25.5 Å². The number of nitrogens with zero attached hydrogens (tertiary/aromatic N) is 4. The van der Waals surface area contributed by atoms with Gasteiger partial charge in [-0.25, -0.2) is 4.98 Å². The minimum absolute atomic E-state index is 0.253. The number of fused-ring (bicyclic) bond motifs is 3. The summed E-state index contributed by atoms with van der Waals surface area (Å²) in [5.74, 6) is 0.253. The number of carbonyl (C=O) groups is 1. The maximum atomic E-state index is 12.6. The van der Waals surface area contributed by atoms with E-state index in [0.29, 0.717) is 17.5 Å². The van der Waals surface area contributed by atoms with Crippen molar-refractivity contribution in [1.82, 2.24) is 25.2 Å². The maximum absolute atomic E-state index is 12.6. The highest BCUT2D eigenvalue weighted by Crippen LogP contribution is 2.37. The van der Waals surface area contributed by atoms with Crippen LogP contribution in [0.5, 0.6) is 0 Å². The van der Waals surface area contributed by atoms with Crippen LogP contribution in [-0.4, -0.2) is 64.5 Å². The van der Waals surface area contributed by atoms with Gasteiger partial charge in [0, 0.05) is 50.2 Å². The minimum Gasteiger partial charge on any atom is -0.366 e. The molecule has 0 radical (unpaired) electrons. The standard InChI is InChI=1S/C20H23ClN6O/c21-15-11-24-20-18(14-3-5-22-12-16(14)25-20)19(15)27-8-6-26(7-9-27)17(28)10-13-2-1-4-23-13/h3,5,11-13,23H,1-2,4,6-10H2,(H,24,25)/t13-/m1/s1. The largest absolute Gasteiger partial charge is 0.366 e. The molecule has 28 heavy (non-hydrogen) atoms. The molecule has 2 aliphatic heterocycles. The number of H-pyrrole nitrogens is 1. The van der Waals surface area contributed by atoms with Crippen molar-refractivity contribution in [2.45, 2.75) is 25.3 Å². The summed E-state index contributed by atoms with van der Waals surface area (Å²) >= 11 is 6.58. The molecule has 0 unspecified atom stereocenters. The molecule has 5 rings (SSSR count). The molecule has 2 aliphatic rings. The van der Waals surface area contributed by atoms with Crippen molar-refractivity contribution >= 4 is 45.1 Å². The van der Waals surface area contributed by atoms with Crippen molar-refractivity contribution in [3.05, 3.63) is 29.7 Å². The lowest BCUT2D eigenvalue weighted by Gasteiger charge is -2.37. The summed E-state index contributed by atoms with van der Waals surface area (Å²) in [5.41, 5.74) is 2.76. The summed E-state index contributed by atoms with van der Waals surface area (Å²) in [7, 11) is 0. The average molecular weight is 399 g/mol. The average Bonchev–Trinajstić information content (AvgIpc) is 3.36.